The van der Waals surface area contributed by atoms with Gasteiger partial charge < -0.3 is 19.6 Å². The van der Waals surface area contributed by atoms with E-state index in [4.69, 9.17) is 9.57 Å². The number of fused-ring (bicyclic) bond motifs is 1. The van der Waals surface area contributed by atoms with Gasteiger partial charge >= 0.3 is 5.97 Å². The molecule has 1 fully saturated rings. The van der Waals surface area contributed by atoms with E-state index in [0.29, 0.717) is 17.2 Å². The van der Waals surface area contributed by atoms with Crippen molar-refractivity contribution in [1.82, 2.24) is 15.4 Å². The number of nitrogens with one attached hydrogen (secondary N) is 1. The standard InChI is InChI=1S/C29H35F2N3O4S/c1-37-23-4-6-27-26(17-23)25(7-9-32-27)28(33-38-2)5-3-19-8-10-34(18-20(19)13-29(35)36)11-12-39-24-15-21(30)14-22(31)16-24/h4,6-7,9,14-17,19-20,28,33H,3,5,8,10-13,18H2,1-2H3,(H,35,36)/t19-,20+,28?/m1/s1. The molecular formula is C29H35F2N3O4S. The van der Waals surface area contributed by atoms with Gasteiger partial charge in [0.1, 0.15) is 17.4 Å². The van der Waals surface area contributed by atoms with E-state index in [1.807, 2.05) is 24.3 Å². The average molecular weight is 560 g/mol. The number of hydrogen-bond donors (Lipinski definition) is 2. The van der Waals surface area contributed by atoms with E-state index in [0.717, 1.165) is 60.6 Å². The van der Waals surface area contributed by atoms with Crippen LogP contribution >= 0.6 is 11.8 Å². The van der Waals surface area contributed by atoms with Gasteiger partial charge in [0.2, 0.25) is 0 Å². The van der Waals surface area contributed by atoms with Crippen LogP contribution in [-0.4, -0.2) is 60.6 Å². The fourth-order valence-electron chi connectivity index (χ4n) is 5.48. The van der Waals surface area contributed by atoms with Crippen LogP contribution < -0.4 is 10.2 Å². The zero-order chi connectivity index (χ0) is 27.8. The number of halogens is 2. The molecule has 4 rings (SSSR count). The zero-order valence-corrected chi connectivity index (χ0v) is 23.1. The van der Waals surface area contributed by atoms with Gasteiger partial charge in [-0.15, -0.1) is 11.8 Å². The highest BCUT2D eigenvalue weighted by Crippen LogP contribution is 2.35. The lowest BCUT2D eigenvalue weighted by molar-refractivity contribution is -0.139. The molecule has 3 aromatic rings. The van der Waals surface area contributed by atoms with Crippen molar-refractivity contribution in [2.75, 3.05) is 39.6 Å². The van der Waals surface area contributed by atoms with Crippen molar-refractivity contribution >= 4 is 28.6 Å². The Labute approximate surface area is 231 Å². The number of methoxy groups -OCH3 is 1. The maximum atomic E-state index is 13.5. The molecule has 2 N–H and O–H groups in total. The summed E-state index contributed by atoms with van der Waals surface area (Å²) >= 11 is 1.40. The summed E-state index contributed by atoms with van der Waals surface area (Å²) in [6.45, 7) is 2.27. The predicted molar refractivity (Wildman–Crippen MR) is 148 cm³/mol. The van der Waals surface area contributed by atoms with Gasteiger partial charge in [0, 0.05) is 47.8 Å². The second-order valence-corrected chi connectivity index (χ2v) is 11.1. The van der Waals surface area contributed by atoms with Crippen molar-refractivity contribution in [3.05, 3.63) is 65.9 Å². The minimum atomic E-state index is -0.796. The molecule has 0 radical (unpaired) electrons. The Balaban J connectivity index is 1.39. The lowest BCUT2D eigenvalue weighted by Gasteiger charge is -2.38. The number of aliphatic carboxylic acids is 1. The summed E-state index contributed by atoms with van der Waals surface area (Å²) < 4.78 is 32.4. The topological polar surface area (TPSA) is 83.9 Å². The predicted octanol–water partition coefficient (Wildman–Crippen LogP) is 5.70. The number of hydroxylamine groups is 1. The third-order valence-corrected chi connectivity index (χ3v) is 8.32. The number of hydrogen-bond acceptors (Lipinski definition) is 7. The highest BCUT2D eigenvalue weighted by atomic mass is 32.2. The number of aromatic nitrogens is 1. The largest absolute Gasteiger partial charge is 0.497 e. The van der Waals surface area contributed by atoms with Crippen LogP contribution in [0, 0.1) is 23.5 Å². The molecular weight excluding hydrogens is 524 g/mol. The summed E-state index contributed by atoms with van der Waals surface area (Å²) in [7, 11) is 3.23. The van der Waals surface area contributed by atoms with Crippen molar-refractivity contribution in [3.63, 3.8) is 0 Å². The summed E-state index contributed by atoms with van der Waals surface area (Å²) in [6, 6.07) is 11.2. The molecule has 1 aliphatic rings. The van der Waals surface area contributed by atoms with E-state index in [1.165, 1.54) is 23.9 Å². The number of pyridine rings is 1. The number of likely N-dealkylation sites (tertiary alicyclic amines) is 1. The molecule has 1 aromatic heterocycles. The summed E-state index contributed by atoms with van der Waals surface area (Å²) in [5.41, 5.74) is 5.05. The van der Waals surface area contributed by atoms with Crippen LogP contribution in [0.1, 0.15) is 37.3 Å². The fourth-order valence-corrected chi connectivity index (χ4v) is 6.45. The monoisotopic (exact) mass is 559 g/mol. The quantitative estimate of drug-likeness (QED) is 0.204. The van der Waals surface area contributed by atoms with E-state index in [-0.39, 0.29) is 24.3 Å². The van der Waals surface area contributed by atoms with Crippen molar-refractivity contribution in [2.45, 2.75) is 36.6 Å². The van der Waals surface area contributed by atoms with Gasteiger partial charge in [0.25, 0.3) is 0 Å². The molecule has 1 unspecified atom stereocenters. The summed E-state index contributed by atoms with van der Waals surface area (Å²) in [4.78, 5) is 24.4. The highest BCUT2D eigenvalue weighted by Gasteiger charge is 2.31. The van der Waals surface area contributed by atoms with E-state index < -0.39 is 17.6 Å². The van der Waals surface area contributed by atoms with E-state index in [9.17, 15) is 18.7 Å². The number of thioether (sulfide) groups is 1. The molecule has 0 aliphatic carbocycles. The Morgan fingerprint density at radius 2 is 1.97 bits per heavy atom. The van der Waals surface area contributed by atoms with Crippen molar-refractivity contribution in [1.29, 1.82) is 0 Å². The number of nitrogens with zero attached hydrogens (tertiary/aromatic N) is 2. The molecule has 1 aliphatic heterocycles. The third kappa shape index (κ3) is 8.11. The van der Waals surface area contributed by atoms with E-state index >= 15 is 0 Å². The first-order valence-electron chi connectivity index (χ1n) is 13.1. The number of ether oxygens (including phenoxy) is 1. The smallest absolute Gasteiger partial charge is 0.303 e. The van der Waals surface area contributed by atoms with Gasteiger partial charge in [-0.2, -0.15) is 5.48 Å². The van der Waals surface area contributed by atoms with Crippen LogP contribution in [0.3, 0.4) is 0 Å². The molecule has 10 heteroatoms. The van der Waals surface area contributed by atoms with Gasteiger partial charge in [-0.05, 0) is 79.6 Å². The zero-order valence-electron chi connectivity index (χ0n) is 22.2. The lowest BCUT2D eigenvalue weighted by atomic mass is 9.79. The van der Waals surface area contributed by atoms with Crippen molar-refractivity contribution in [3.8, 4) is 5.75 Å². The summed E-state index contributed by atoms with van der Waals surface area (Å²) in [6.07, 6.45) is 4.41. The molecule has 0 spiro atoms. The summed E-state index contributed by atoms with van der Waals surface area (Å²) in [5.74, 6) is -0.264. The van der Waals surface area contributed by atoms with E-state index in [2.05, 4.69) is 15.4 Å². The maximum absolute atomic E-state index is 13.5. The fraction of sp³-hybridized carbons (Fsp3) is 0.448. The third-order valence-electron chi connectivity index (χ3n) is 7.37. The number of carbonyl (C=O) groups is 1. The Bertz CT molecular complexity index is 1240. The molecule has 0 amide bonds. The normalized spacial score (nSPS) is 18.8. The minimum absolute atomic E-state index is 0.0188. The first-order chi connectivity index (χ1) is 18.9. The molecule has 2 heterocycles. The molecule has 0 saturated carbocycles. The Kier molecular flexibility index (Phi) is 10.5. The van der Waals surface area contributed by atoms with Gasteiger partial charge in [0.05, 0.1) is 25.8 Å². The SMILES string of the molecule is CONC(CC[C@@H]1CCN(CCSc2cc(F)cc(F)c2)C[C@@H]1CC(=O)O)c1ccnc2ccc(OC)cc12. The Hall–Kier alpha value is -2.79. The van der Waals surface area contributed by atoms with Crippen LogP contribution in [-0.2, 0) is 9.63 Å². The number of carboxylic acid groups (broad SMARTS) is 1. The molecule has 39 heavy (non-hydrogen) atoms. The van der Waals surface area contributed by atoms with Crippen LogP contribution in [0.5, 0.6) is 5.75 Å². The number of benzene rings is 2. The second kappa shape index (κ2) is 14.0. The molecule has 2 aromatic carbocycles. The molecule has 210 valence electrons. The number of carboxylic acids is 1. The second-order valence-electron chi connectivity index (χ2n) is 9.90. The first kappa shape index (κ1) is 29.2. The summed E-state index contributed by atoms with van der Waals surface area (Å²) in [5, 5.41) is 10.6. The Morgan fingerprint density at radius 3 is 2.69 bits per heavy atom. The van der Waals surface area contributed by atoms with Crippen LogP contribution in [0.4, 0.5) is 8.78 Å². The minimum Gasteiger partial charge on any atom is -0.497 e. The molecule has 0 bridgehead atoms. The van der Waals surface area contributed by atoms with Crippen LogP contribution in [0.2, 0.25) is 0 Å². The van der Waals surface area contributed by atoms with Crippen molar-refractivity contribution in [2.24, 2.45) is 11.8 Å². The lowest BCUT2D eigenvalue weighted by Crippen LogP contribution is -2.42. The Morgan fingerprint density at radius 1 is 1.18 bits per heavy atom. The van der Waals surface area contributed by atoms with E-state index in [1.54, 1.807) is 20.4 Å². The van der Waals surface area contributed by atoms with Gasteiger partial charge in [-0.25, -0.2) is 8.78 Å². The van der Waals surface area contributed by atoms with Crippen LogP contribution in [0.25, 0.3) is 10.9 Å². The highest BCUT2D eigenvalue weighted by molar-refractivity contribution is 7.99. The molecule has 7 nitrogen and oxygen atoms in total. The molecule has 3 atom stereocenters. The van der Waals surface area contributed by atoms with Gasteiger partial charge in [-0.1, -0.05) is 0 Å². The maximum Gasteiger partial charge on any atom is 0.303 e. The first-order valence-corrected chi connectivity index (χ1v) is 14.1. The van der Waals surface area contributed by atoms with Crippen LogP contribution in [0.15, 0.2) is 53.6 Å². The number of piperidine rings is 1. The average Bonchev–Trinajstić information content (AvgIpc) is 2.90. The molecule has 1 saturated heterocycles. The number of rotatable bonds is 13. The van der Waals surface area contributed by atoms with Crippen molar-refractivity contribution < 1.29 is 28.3 Å². The van der Waals surface area contributed by atoms with Gasteiger partial charge in [0.15, 0.2) is 0 Å². The van der Waals surface area contributed by atoms with Gasteiger partial charge in [-0.3, -0.25) is 9.78 Å².